The van der Waals surface area contributed by atoms with E-state index in [1.165, 1.54) is 17.8 Å². The highest BCUT2D eigenvalue weighted by molar-refractivity contribution is 7.98. The third kappa shape index (κ3) is 4.27. The van der Waals surface area contributed by atoms with E-state index in [2.05, 4.69) is 10.2 Å². The molecule has 3 aromatic rings. The Morgan fingerprint density at radius 1 is 1.17 bits per heavy atom. The van der Waals surface area contributed by atoms with E-state index in [0.29, 0.717) is 27.5 Å². The highest BCUT2D eigenvalue weighted by Crippen LogP contribution is 2.28. The van der Waals surface area contributed by atoms with Crippen LogP contribution >= 0.6 is 23.4 Å². The summed E-state index contributed by atoms with van der Waals surface area (Å²) in [6, 6.07) is 12.3. The quantitative estimate of drug-likeness (QED) is 0.573. The number of nitrogens with zero attached hydrogens (tertiary/aromatic N) is 2. The van der Waals surface area contributed by atoms with Crippen LogP contribution in [0.3, 0.4) is 0 Å². The lowest BCUT2D eigenvalue weighted by Crippen LogP contribution is -1.95. The monoisotopic (exact) mass is 364 g/mol. The number of aromatic nitrogens is 2. The zero-order valence-corrected chi connectivity index (χ0v) is 14.4. The molecule has 24 heavy (non-hydrogen) atoms. The van der Waals surface area contributed by atoms with Crippen LogP contribution in [0, 0.1) is 12.7 Å². The first-order chi connectivity index (χ1) is 11.6. The lowest BCUT2D eigenvalue weighted by atomic mass is 10.2. The van der Waals surface area contributed by atoms with Crippen LogP contribution < -0.4 is 4.74 Å². The molecule has 0 unspecified atom stereocenters. The molecular weight excluding hydrogens is 351 g/mol. The fourth-order valence-electron chi connectivity index (χ4n) is 1.94. The van der Waals surface area contributed by atoms with Crippen molar-refractivity contribution in [2.75, 3.05) is 0 Å². The van der Waals surface area contributed by atoms with E-state index < -0.39 is 0 Å². The molecule has 0 amide bonds. The molecule has 0 aliphatic rings. The lowest BCUT2D eigenvalue weighted by Gasteiger charge is -2.03. The Bertz CT molecular complexity index is 803. The van der Waals surface area contributed by atoms with Crippen LogP contribution in [0.4, 0.5) is 4.39 Å². The first kappa shape index (κ1) is 16.8. The summed E-state index contributed by atoms with van der Waals surface area (Å²) in [6.07, 6.45) is 0. The molecule has 1 aromatic heterocycles. The first-order valence-corrected chi connectivity index (χ1v) is 8.56. The molecule has 7 heteroatoms. The van der Waals surface area contributed by atoms with Crippen molar-refractivity contribution in [1.82, 2.24) is 10.2 Å². The largest absolute Gasteiger partial charge is 0.484 e. The summed E-state index contributed by atoms with van der Waals surface area (Å²) >= 11 is 7.22. The normalized spacial score (nSPS) is 10.8. The van der Waals surface area contributed by atoms with Crippen LogP contribution in [0.2, 0.25) is 5.02 Å². The summed E-state index contributed by atoms with van der Waals surface area (Å²) in [7, 11) is 0. The maximum Gasteiger partial charge on any atom is 0.277 e. The van der Waals surface area contributed by atoms with Crippen LogP contribution in [-0.4, -0.2) is 10.2 Å². The van der Waals surface area contributed by atoms with Gasteiger partial charge in [0.15, 0.2) is 6.61 Å². The van der Waals surface area contributed by atoms with E-state index in [1.54, 1.807) is 12.1 Å². The van der Waals surface area contributed by atoms with Crippen molar-refractivity contribution < 1.29 is 13.5 Å². The molecule has 0 fully saturated rings. The standard InChI is InChI=1S/C17H14ClFN2O2S/c1-11-5-7-12(8-6-11)22-9-16-20-21-17(23-16)24-10-13-14(18)3-2-4-15(13)19/h2-8H,9-10H2,1H3. The predicted octanol–water partition coefficient (Wildman–Crippen LogP) is 5.04. The third-order valence-corrected chi connectivity index (χ3v) is 4.43. The van der Waals surface area contributed by atoms with Crippen molar-refractivity contribution in [1.29, 1.82) is 0 Å². The van der Waals surface area contributed by atoms with Gasteiger partial charge in [-0.25, -0.2) is 4.39 Å². The second kappa shape index (κ2) is 7.68. The highest BCUT2D eigenvalue weighted by atomic mass is 35.5. The Morgan fingerprint density at radius 2 is 1.96 bits per heavy atom. The molecule has 0 N–H and O–H groups in total. The van der Waals surface area contributed by atoms with E-state index in [-0.39, 0.29) is 12.4 Å². The average Bonchev–Trinajstić information content (AvgIpc) is 3.02. The molecule has 0 saturated heterocycles. The molecule has 0 atom stereocenters. The molecule has 0 aliphatic heterocycles. The number of benzene rings is 2. The number of hydrogen-bond acceptors (Lipinski definition) is 5. The van der Waals surface area contributed by atoms with Crippen LogP contribution in [0.15, 0.2) is 52.1 Å². The number of thioether (sulfide) groups is 1. The minimum atomic E-state index is -0.350. The molecule has 0 radical (unpaired) electrons. The van der Waals surface area contributed by atoms with E-state index in [9.17, 15) is 4.39 Å². The van der Waals surface area contributed by atoms with Gasteiger partial charge in [0, 0.05) is 16.3 Å². The number of hydrogen-bond donors (Lipinski definition) is 0. The maximum absolute atomic E-state index is 13.7. The summed E-state index contributed by atoms with van der Waals surface area (Å²) in [4.78, 5) is 0. The van der Waals surface area contributed by atoms with Gasteiger partial charge in [-0.15, -0.1) is 10.2 Å². The molecule has 0 bridgehead atoms. The Labute approximate surface area is 148 Å². The van der Waals surface area contributed by atoms with Crippen molar-refractivity contribution in [3.8, 4) is 5.75 Å². The Hall–Kier alpha value is -2.05. The Balaban J connectivity index is 1.56. The predicted molar refractivity (Wildman–Crippen MR) is 90.8 cm³/mol. The van der Waals surface area contributed by atoms with Gasteiger partial charge in [0.25, 0.3) is 11.1 Å². The molecule has 0 spiro atoms. The molecule has 4 nitrogen and oxygen atoms in total. The van der Waals surface area contributed by atoms with Gasteiger partial charge in [-0.3, -0.25) is 0 Å². The van der Waals surface area contributed by atoms with Gasteiger partial charge < -0.3 is 9.15 Å². The minimum absolute atomic E-state index is 0.178. The zero-order chi connectivity index (χ0) is 16.9. The summed E-state index contributed by atoms with van der Waals surface area (Å²) in [5.41, 5.74) is 1.57. The Morgan fingerprint density at radius 3 is 2.71 bits per heavy atom. The van der Waals surface area contributed by atoms with Gasteiger partial charge >= 0.3 is 0 Å². The van der Waals surface area contributed by atoms with Gasteiger partial charge in [-0.2, -0.15) is 0 Å². The molecule has 3 rings (SSSR count). The smallest absolute Gasteiger partial charge is 0.277 e. The van der Waals surface area contributed by atoms with E-state index >= 15 is 0 Å². The molecule has 1 heterocycles. The lowest BCUT2D eigenvalue weighted by molar-refractivity contribution is 0.252. The van der Waals surface area contributed by atoms with Crippen molar-refractivity contribution in [2.45, 2.75) is 24.5 Å². The summed E-state index contributed by atoms with van der Waals surface area (Å²) in [5, 5.41) is 8.56. The van der Waals surface area contributed by atoms with E-state index in [1.807, 2.05) is 31.2 Å². The van der Waals surface area contributed by atoms with Crippen LogP contribution in [0.25, 0.3) is 0 Å². The van der Waals surface area contributed by atoms with Crippen molar-refractivity contribution >= 4 is 23.4 Å². The Kier molecular flexibility index (Phi) is 5.37. The summed E-state index contributed by atoms with van der Waals surface area (Å²) in [5.74, 6) is 1.05. The fraction of sp³-hybridized carbons (Fsp3) is 0.176. The summed E-state index contributed by atoms with van der Waals surface area (Å²) in [6.45, 7) is 2.18. The first-order valence-electron chi connectivity index (χ1n) is 7.19. The second-order valence-corrected chi connectivity index (χ2v) is 6.39. The number of aryl methyl sites for hydroxylation is 1. The molecule has 2 aromatic carbocycles. The van der Waals surface area contributed by atoms with Gasteiger partial charge in [0.05, 0.1) is 0 Å². The maximum atomic E-state index is 13.7. The highest BCUT2D eigenvalue weighted by Gasteiger charge is 2.12. The van der Waals surface area contributed by atoms with Crippen molar-refractivity contribution in [3.05, 3.63) is 70.3 Å². The second-order valence-electron chi connectivity index (χ2n) is 5.05. The van der Waals surface area contributed by atoms with E-state index in [0.717, 1.165) is 11.3 Å². The van der Waals surface area contributed by atoms with Crippen LogP contribution in [0.1, 0.15) is 17.0 Å². The topological polar surface area (TPSA) is 48.2 Å². The van der Waals surface area contributed by atoms with Crippen LogP contribution in [0.5, 0.6) is 5.75 Å². The average molecular weight is 365 g/mol. The van der Waals surface area contributed by atoms with Gasteiger partial charge in [0.1, 0.15) is 11.6 Å². The molecule has 0 aliphatic carbocycles. The number of rotatable bonds is 6. The van der Waals surface area contributed by atoms with Gasteiger partial charge in [-0.1, -0.05) is 47.1 Å². The van der Waals surface area contributed by atoms with Crippen molar-refractivity contribution in [2.24, 2.45) is 0 Å². The van der Waals surface area contributed by atoms with E-state index in [4.69, 9.17) is 20.8 Å². The molecular formula is C17H14ClFN2O2S. The van der Waals surface area contributed by atoms with Gasteiger partial charge in [0.2, 0.25) is 0 Å². The zero-order valence-electron chi connectivity index (χ0n) is 12.8. The van der Waals surface area contributed by atoms with Crippen LogP contribution in [-0.2, 0) is 12.4 Å². The minimum Gasteiger partial charge on any atom is -0.484 e. The third-order valence-electron chi connectivity index (χ3n) is 3.23. The summed E-state index contributed by atoms with van der Waals surface area (Å²) < 4.78 is 24.8. The molecule has 124 valence electrons. The number of halogens is 2. The number of ether oxygens (including phenoxy) is 1. The SMILES string of the molecule is Cc1ccc(OCc2nnc(SCc3c(F)cccc3Cl)o2)cc1. The fourth-order valence-corrected chi connectivity index (χ4v) is 3.06. The molecule has 0 saturated carbocycles. The van der Waals surface area contributed by atoms with Gasteiger partial charge in [-0.05, 0) is 31.2 Å². The van der Waals surface area contributed by atoms with Crippen molar-refractivity contribution in [3.63, 3.8) is 0 Å².